The summed E-state index contributed by atoms with van der Waals surface area (Å²) in [5.74, 6) is 1.80. The molecular weight excluding hydrogens is 391 g/mol. The summed E-state index contributed by atoms with van der Waals surface area (Å²) in [5, 5.41) is 6.55. The van der Waals surface area contributed by atoms with E-state index in [9.17, 15) is 8.42 Å². The molecule has 0 spiro atoms. The molecule has 0 bridgehead atoms. The van der Waals surface area contributed by atoms with Crippen molar-refractivity contribution in [2.24, 2.45) is 10.9 Å². The van der Waals surface area contributed by atoms with Crippen molar-refractivity contribution in [2.45, 2.75) is 32.7 Å². The molecule has 0 aromatic rings. The maximum absolute atomic E-state index is 11.6. The number of nitrogens with zero attached hydrogens (tertiary/aromatic N) is 2. The normalized spacial score (nSPS) is 28.8. The fourth-order valence-corrected chi connectivity index (χ4v) is 3.75. The van der Waals surface area contributed by atoms with Gasteiger partial charge >= 0.3 is 0 Å². The van der Waals surface area contributed by atoms with E-state index in [1.165, 1.54) is 6.42 Å². The summed E-state index contributed by atoms with van der Waals surface area (Å²) in [7, 11) is -2.99. The second-order valence-corrected chi connectivity index (χ2v) is 7.38. The number of rotatable bonds is 5. The van der Waals surface area contributed by atoms with Gasteiger partial charge in [-0.05, 0) is 25.7 Å². The van der Waals surface area contributed by atoms with E-state index in [1.54, 1.807) is 4.31 Å². The summed E-state index contributed by atoms with van der Waals surface area (Å²) in [6, 6.07) is 0.522. The molecule has 6 nitrogen and oxygen atoms in total. The third-order valence-electron chi connectivity index (χ3n) is 3.60. The maximum Gasteiger partial charge on any atom is 0.214 e. The van der Waals surface area contributed by atoms with Crippen LogP contribution in [0.3, 0.4) is 0 Å². The molecule has 118 valence electrons. The predicted octanol–water partition coefficient (Wildman–Crippen LogP) is 0.603. The first-order valence-electron chi connectivity index (χ1n) is 7.05. The standard InChI is InChI=1S/C12H24N4O2S.HI/c1-3-13-12(15-11-9-10(11)2)14-5-7-16-6-4-8-19(16,17)18;/h10-11H,3-9H2,1-2H3,(H2,13,14,15);1H. The third kappa shape index (κ3) is 5.03. The minimum atomic E-state index is -2.99. The van der Waals surface area contributed by atoms with Crippen molar-refractivity contribution in [2.75, 3.05) is 31.9 Å². The van der Waals surface area contributed by atoms with Crippen LogP contribution in [-0.2, 0) is 10.0 Å². The smallest absolute Gasteiger partial charge is 0.214 e. The first kappa shape index (κ1) is 18.0. The van der Waals surface area contributed by atoms with E-state index in [2.05, 4.69) is 22.5 Å². The van der Waals surface area contributed by atoms with Gasteiger partial charge in [0.2, 0.25) is 10.0 Å². The molecule has 2 N–H and O–H groups in total. The van der Waals surface area contributed by atoms with Crippen LogP contribution in [-0.4, -0.2) is 56.7 Å². The molecule has 2 fully saturated rings. The van der Waals surface area contributed by atoms with Crippen molar-refractivity contribution in [1.29, 1.82) is 0 Å². The number of guanidine groups is 1. The van der Waals surface area contributed by atoms with Gasteiger partial charge in [-0.25, -0.2) is 12.7 Å². The largest absolute Gasteiger partial charge is 0.357 e. The lowest BCUT2D eigenvalue weighted by atomic mass is 10.4. The van der Waals surface area contributed by atoms with Gasteiger partial charge in [0.15, 0.2) is 5.96 Å². The number of hydrogen-bond donors (Lipinski definition) is 2. The van der Waals surface area contributed by atoms with Gasteiger partial charge in [0.25, 0.3) is 0 Å². The molecule has 1 aliphatic heterocycles. The fourth-order valence-electron chi connectivity index (χ4n) is 2.23. The monoisotopic (exact) mass is 416 g/mol. The van der Waals surface area contributed by atoms with E-state index >= 15 is 0 Å². The molecule has 2 rings (SSSR count). The average molecular weight is 416 g/mol. The van der Waals surface area contributed by atoms with Crippen molar-refractivity contribution < 1.29 is 8.42 Å². The first-order valence-corrected chi connectivity index (χ1v) is 8.66. The van der Waals surface area contributed by atoms with Crippen LogP contribution in [0.15, 0.2) is 4.99 Å². The Morgan fingerprint density at radius 1 is 1.45 bits per heavy atom. The minimum Gasteiger partial charge on any atom is -0.357 e. The Bertz CT molecular complexity index is 441. The Morgan fingerprint density at radius 2 is 2.15 bits per heavy atom. The van der Waals surface area contributed by atoms with E-state index in [1.807, 2.05) is 6.92 Å². The van der Waals surface area contributed by atoms with Crippen LogP contribution >= 0.6 is 24.0 Å². The minimum absolute atomic E-state index is 0. The quantitative estimate of drug-likeness (QED) is 0.391. The summed E-state index contributed by atoms with van der Waals surface area (Å²) >= 11 is 0. The molecule has 1 saturated carbocycles. The molecule has 0 aromatic carbocycles. The van der Waals surface area contributed by atoms with E-state index in [-0.39, 0.29) is 29.7 Å². The Labute approximate surface area is 138 Å². The van der Waals surface area contributed by atoms with Gasteiger partial charge in [-0.2, -0.15) is 0 Å². The zero-order valence-electron chi connectivity index (χ0n) is 12.1. The molecular formula is C12H25IN4O2S. The Morgan fingerprint density at radius 3 is 2.65 bits per heavy atom. The van der Waals surface area contributed by atoms with Gasteiger partial charge in [0, 0.05) is 25.7 Å². The number of halogens is 1. The van der Waals surface area contributed by atoms with Crippen LogP contribution in [0.1, 0.15) is 26.7 Å². The van der Waals surface area contributed by atoms with Crippen molar-refractivity contribution in [1.82, 2.24) is 14.9 Å². The molecule has 8 heteroatoms. The van der Waals surface area contributed by atoms with E-state index in [0.717, 1.165) is 18.9 Å². The lowest BCUT2D eigenvalue weighted by Gasteiger charge is -2.14. The summed E-state index contributed by atoms with van der Waals surface area (Å²) < 4.78 is 24.8. The number of sulfonamides is 1. The van der Waals surface area contributed by atoms with Crippen LogP contribution < -0.4 is 10.6 Å². The average Bonchev–Trinajstić information content (AvgIpc) is 2.91. The van der Waals surface area contributed by atoms with Crippen molar-refractivity contribution in [3.63, 3.8) is 0 Å². The molecule has 2 atom stereocenters. The summed E-state index contributed by atoms with van der Waals surface area (Å²) in [4.78, 5) is 4.45. The van der Waals surface area contributed by atoms with Gasteiger partial charge < -0.3 is 10.6 Å². The molecule has 0 amide bonds. The lowest BCUT2D eigenvalue weighted by Crippen LogP contribution is -2.39. The van der Waals surface area contributed by atoms with E-state index in [4.69, 9.17) is 0 Å². The number of nitrogens with one attached hydrogen (secondary N) is 2. The molecule has 1 saturated heterocycles. The zero-order chi connectivity index (χ0) is 13.9. The molecule has 1 heterocycles. The van der Waals surface area contributed by atoms with Crippen LogP contribution in [0.2, 0.25) is 0 Å². The summed E-state index contributed by atoms with van der Waals surface area (Å²) in [5.41, 5.74) is 0. The predicted molar refractivity (Wildman–Crippen MR) is 92.1 cm³/mol. The molecule has 2 unspecified atom stereocenters. The van der Waals surface area contributed by atoms with Gasteiger partial charge in [-0.15, -0.1) is 24.0 Å². The number of hydrogen-bond acceptors (Lipinski definition) is 3. The van der Waals surface area contributed by atoms with Crippen LogP contribution in [0.25, 0.3) is 0 Å². The Kier molecular flexibility index (Phi) is 6.99. The highest BCUT2D eigenvalue weighted by molar-refractivity contribution is 14.0. The zero-order valence-corrected chi connectivity index (χ0v) is 15.3. The summed E-state index contributed by atoms with van der Waals surface area (Å²) in [6.07, 6.45) is 1.93. The van der Waals surface area contributed by atoms with Crippen molar-refractivity contribution >= 4 is 40.0 Å². The van der Waals surface area contributed by atoms with E-state index in [0.29, 0.717) is 31.6 Å². The fraction of sp³-hybridized carbons (Fsp3) is 0.917. The van der Waals surface area contributed by atoms with Gasteiger partial charge in [-0.3, -0.25) is 4.99 Å². The van der Waals surface area contributed by atoms with Crippen LogP contribution in [0.4, 0.5) is 0 Å². The highest BCUT2D eigenvalue weighted by atomic mass is 127. The van der Waals surface area contributed by atoms with Gasteiger partial charge in [-0.1, -0.05) is 6.92 Å². The van der Waals surface area contributed by atoms with E-state index < -0.39 is 10.0 Å². The van der Waals surface area contributed by atoms with Gasteiger partial charge in [0.05, 0.1) is 12.3 Å². The SMILES string of the molecule is CCNC(=NCCN1CCCS1(=O)=O)NC1CC1C.I. The number of aliphatic imine (C=N–C) groups is 1. The maximum atomic E-state index is 11.6. The topological polar surface area (TPSA) is 73.8 Å². The van der Waals surface area contributed by atoms with Crippen LogP contribution in [0, 0.1) is 5.92 Å². The van der Waals surface area contributed by atoms with Crippen molar-refractivity contribution in [3.05, 3.63) is 0 Å². The third-order valence-corrected chi connectivity index (χ3v) is 5.55. The van der Waals surface area contributed by atoms with Gasteiger partial charge in [0.1, 0.15) is 0 Å². The molecule has 2 aliphatic rings. The lowest BCUT2D eigenvalue weighted by molar-refractivity contribution is 0.452. The first-order chi connectivity index (χ1) is 9.03. The Hall–Kier alpha value is -0.0900. The highest BCUT2D eigenvalue weighted by Gasteiger charge is 2.33. The summed E-state index contributed by atoms with van der Waals surface area (Å²) in [6.45, 7) is 6.68. The second kappa shape index (κ2) is 7.79. The Balaban J connectivity index is 0.00000200. The van der Waals surface area contributed by atoms with Crippen LogP contribution in [0.5, 0.6) is 0 Å². The van der Waals surface area contributed by atoms with Crippen molar-refractivity contribution in [3.8, 4) is 0 Å². The molecule has 20 heavy (non-hydrogen) atoms. The second-order valence-electron chi connectivity index (χ2n) is 5.29. The molecule has 1 aliphatic carbocycles. The highest BCUT2D eigenvalue weighted by Crippen LogP contribution is 2.28. The molecule has 0 aromatic heterocycles. The molecule has 0 radical (unpaired) electrons.